The maximum atomic E-state index is 4.52. The van der Waals surface area contributed by atoms with E-state index < -0.39 is 0 Å². The van der Waals surface area contributed by atoms with Crippen LogP contribution < -0.4 is 0 Å². The molecule has 0 N–H and O–H groups in total. The standard InChI is InChI=1S/C21H30N4/c1-17(2)25-15-20(10-22-25)14-24-13-19-8-9-21(24)16-23(12-19)11-18-6-4-3-5-7-18/h3-7,10,15,17,19,21H,8-9,11-14,16H2,1-2H3/t19-,21+/m1/s1. The van der Waals surface area contributed by atoms with E-state index in [1.807, 2.05) is 0 Å². The summed E-state index contributed by atoms with van der Waals surface area (Å²) in [5, 5.41) is 4.52. The van der Waals surface area contributed by atoms with Gasteiger partial charge in [0.2, 0.25) is 0 Å². The minimum absolute atomic E-state index is 0.440. The molecule has 3 aliphatic heterocycles. The molecule has 1 aromatic carbocycles. The van der Waals surface area contributed by atoms with Crippen molar-refractivity contribution in [1.29, 1.82) is 0 Å². The van der Waals surface area contributed by atoms with Crippen LogP contribution in [0.5, 0.6) is 0 Å². The summed E-state index contributed by atoms with van der Waals surface area (Å²) in [6.45, 7) is 10.2. The van der Waals surface area contributed by atoms with Gasteiger partial charge in [0, 0.05) is 56.6 Å². The van der Waals surface area contributed by atoms with E-state index in [4.69, 9.17) is 0 Å². The predicted octanol–water partition coefficient (Wildman–Crippen LogP) is 3.56. The van der Waals surface area contributed by atoms with Crippen molar-refractivity contribution in [2.45, 2.75) is 51.9 Å². The molecule has 5 rings (SSSR count). The monoisotopic (exact) mass is 338 g/mol. The molecule has 0 aliphatic carbocycles. The Hall–Kier alpha value is -1.65. The van der Waals surface area contributed by atoms with Gasteiger partial charge in [0.15, 0.2) is 0 Å². The van der Waals surface area contributed by atoms with E-state index in [1.54, 1.807) is 0 Å². The van der Waals surface area contributed by atoms with Gasteiger partial charge in [-0.25, -0.2) is 0 Å². The maximum Gasteiger partial charge on any atom is 0.0534 e. The zero-order valence-electron chi connectivity index (χ0n) is 15.5. The smallest absolute Gasteiger partial charge is 0.0534 e. The largest absolute Gasteiger partial charge is 0.297 e. The maximum absolute atomic E-state index is 4.52. The van der Waals surface area contributed by atoms with E-state index in [1.165, 1.54) is 43.6 Å². The third kappa shape index (κ3) is 3.96. The molecule has 2 atom stereocenters. The molecule has 3 fully saturated rings. The van der Waals surface area contributed by atoms with Gasteiger partial charge in [-0.05, 0) is 38.2 Å². The second kappa shape index (κ2) is 7.30. The van der Waals surface area contributed by atoms with Crippen molar-refractivity contribution in [2.75, 3.05) is 19.6 Å². The number of rotatable bonds is 5. The Labute approximate surface area is 151 Å². The quantitative estimate of drug-likeness (QED) is 0.833. The van der Waals surface area contributed by atoms with Gasteiger partial charge in [0.1, 0.15) is 0 Å². The van der Waals surface area contributed by atoms with Crippen LogP contribution in [0, 0.1) is 5.92 Å². The molecule has 4 heterocycles. The van der Waals surface area contributed by atoms with Crippen LogP contribution in [-0.4, -0.2) is 45.3 Å². The Morgan fingerprint density at radius 1 is 1.00 bits per heavy atom. The molecule has 2 aromatic rings. The Morgan fingerprint density at radius 2 is 1.84 bits per heavy atom. The van der Waals surface area contributed by atoms with Crippen molar-refractivity contribution in [3.8, 4) is 0 Å². The molecule has 0 spiro atoms. The van der Waals surface area contributed by atoms with Crippen LogP contribution in [0.25, 0.3) is 0 Å². The minimum Gasteiger partial charge on any atom is -0.297 e. The normalized spacial score (nSPS) is 24.8. The summed E-state index contributed by atoms with van der Waals surface area (Å²) in [7, 11) is 0. The highest BCUT2D eigenvalue weighted by Crippen LogP contribution is 2.30. The topological polar surface area (TPSA) is 24.3 Å². The number of benzene rings is 1. The van der Waals surface area contributed by atoms with Crippen LogP contribution in [0.4, 0.5) is 0 Å². The summed E-state index contributed by atoms with van der Waals surface area (Å²) in [5.74, 6) is 0.808. The number of hydrogen-bond acceptors (Lipinski definition) is 3. The number of nitrogens with zero attached hydrogens (tertiary/aromatic N) is 4. The predicted molar refractivity (Wildman–Crippen MR) is 101 cm³/mol. The molecule has 3 saturated heterocycles. The number of fused-ring (bicyclic) bond motifs is 4. The second-order valence-corrected chi connectivity index (χ2v) is 8.13. The lowest BCUT2D eigenvalue weighted by Crippen LogP contribution is -2.43. The van der Waals surface area contributed by atoms with Gasteiger partial charge in [-0.15, -0.1) is 0 Å². The van der Waals surface area contributed by atoms with Crippen molar-refractivity contribution in [3.05, 3.63) is 53.9 Å². The Bertz CT molecular complexity index is 678. The first-order chi connectivity index (χ1) is 12.2. The van der Waals surface area contributed by atoms with Crippen LogP contribution in [-0.2, 0) is 13.1 Å². The zero-order valence-corrected chi connectivity index (χ0v) is 15.5. The summed E-state index contributed by atoms with van der Waals surface area (Å²) < 4.78 is 2.08. The first-order valence-electron chi connectivity index (χ1n) is 9.71. The minimum atomic E-state index is 0.440. The van der Waals surface area contributed by atoms with Gasteiger partial charge < -0.3 is 0 Å². The third-order valence-electron chi connectivity index (χ3n) is 5.72. The molecule has 0 unspecified atom stereocenters. The fourth-order valence-corrected chi connectivity index (χ4v) is 4.42. The van der Waals surface area contributed by atoms with Crippen LogP contribution in [0.15, 0.2) is 42.7 Å². The van der Waals surface area contributed by atoms with E-state index >= 15 is 0 Å². The summed E-state index contributed by atoms with van der Waals surface area (Å²) in [5.41, 5.74) is 2.80. The van der Waals surface area contributed by atoms with Gasteiger partial charge in [0.05, 0.1) is 6.20 Å². The summed E-state index contributed by atoms with van der Waals surface area (Å²) in [4.78, 5) is 5.38. The molecule has 0 radical (unpaired) electrons. The highest BCUT2D eigenvalue weighted by molar-refractivity contribution is 5.15. The molecular formula is C21H30N4. The van der Waals surface area contributed by atoms with Gasteiger partial charge in [-0.2, -0.15) is 5.10 Å². The van der Waals surface area contributed by atoms with Gasteiger partial charge in [-0.1, -0.05) is 30.3 Å². The van der Waals surface area contributed by atoms with E-state index in [0.717, 1.165) is 19.0 Å². The van der Waals surface area contributed by atoms with E-state index in [0.29, 0.717) is 12.1 Å². The lowest BCUT2D eigenvalue weighted by Gasteiger charge is -2.35. The van der Waals surface area contributed by atoms with Crippen molar-refractivity contribution in [1.82, 2.24) is 19.6 Å². The van der Waals surface area contributed by atoms with Gasteiger partial charge in [0.25, 0.3) is 0 Å². The Balaban J connectivity index is 1.42. The van der Waals surface area contributed by atoms with E-state index in [2.05, 4.69) is 76.2 Å². The van der Waals surface area contributed by atoms with Crippen LogP contribution in [0.1, 0.15) is 43.9 Å². The van der Waals surface area contributed by atoms with Crippen LogP contribution >= 0.6 is 0 Å². The number of hydrogen-bond donors (Lipinski definition) is 0. The van der Waals surface area contributed by atoms with Crippen LogP contribution in [0.2, 0.25) is 0 Å². The van der Waals surface area contributed by atoms with Gasteiger partial charge in [-0.3, -0.25) is 14.5 Å². The first-order valence-corrected chi connectivity index (χ1v) is 9.71. The Kier molecular flexibility index (Phi) is 4.91. The highest BCUT2D eigenvalue weighted by atomic mass is 15.3. The molecule has 4 nitrogen and oxygen atoms in total. The first kappa shape index (κ1) is 16.8. The van der Waals surface area contributed by atoms with Crippen LogP contribution in [0.3, 0.4) is 0 Å². The summed E-state index contributed by atoms with van der Waals surface area (Å²) >= 11 is 0. The summed E-state index contributed by atoms with van der Waals surface area (Å²) in [6.07, 6.45) is 7.01. The van der Waals surface area contributed by atoms with Crippen molar-refractivity contribution >= 4 is 0 Å². The fourth-order valence-electron chi connectivity index (χ4n) is 4.42. The Morgan fingerprint density at radius 3 is 2.60 bits per heavy atom. The molecule has 0 amide bonds. The fraction of sp³-hybridized carbons (Fsp3) is 0.571. The molecule has 4 heteroatoms. The number of aromatic nitrogens is 2. The van der Waals surface area contributed by atoms with Crippen molar-refractivity contribution < 1.29 is 0 Å². The van der Waals surface area contributed by atoms with Crippen molar-refractivity contribution in [3.63, 3.8) is 0 Å². The second-order valence-electron chi connectivity index (χ2n) is 8.13. The molecule has 3 aliphatic rings. The molecule has 25 heavy (non-hydrogen) atoms. The average Bonchev–Trinajstić information content (AvgIpc) is 2.91. The zero-order chi connectivity index (χ0) is 17.2. The van der Waals surface area contributed by atoms with E-state index in [-0.39, 0.29) is 0 Å². The molecule has 1 aromatic heterocycles. The average molecular weight is 338 g/mol. The van der Waals surface area contributed by atoms with E-state index in [9.17, 15) is 0 Å². The SMILES string of the molecule is CC(C)n1cc(CN2C[C@@H]3CC[C@H]2CN(Cc2ccccc2)C3)cn1. The number of piperidine rings is 1. The molecule has 2 bridgehead atoms. The molecular weight excluding hydrogens is 308 g/mol. The van der Waals surface area contributed by atoms with Gasteiger partial charge >= 0.3 is 0 Å². The highest BCUT2D eigenvalue weighted by Gasteiger charge is 2.34. The lowest BCUT2D eigenvalue weighted by molar-refractivity contribution is 0.123. The lowest BCUT2D eigenvalue weighted by atomic mass is 9.95. The van der Waals surface area contributed by atoms with Crippen molar-refractivity contribution in [2.24, 2.45) is 5.92 Å². The molecule has 0 saturated carbocycles. The summed E-state index contributed by atoms with van der Waals surface area (Å²) in [6, 6.07) is 12.0. The molecule has 134 valence electrons. The third-order valence-corrected chi connectivity index (χ3v) is 5.72.